The van der Waals surface area contributed by atoms with Crippen molar-refractivity contribution in [2.45, 2.75) is 25.4 Å². The number of nitrogens with two attached hydrogens (primary N) is 1. The minimum Gasteiger partial charge on any atom is -0.473 e. The average Bonchev–Trinajstić information content (AvgIpc) is 2.72. The van der Waals surface area contributed by atoms with Crippen molar-refractivity contribution in [3.05, 3.63) is 21.7 Å². The van der Waals surface area contributed by atoms with Crippen LogP contribution in [0.2, 0.25) is 5.02 Å². The van der Waals surface area contributed by atoms with Crippen LogP contribution < -0.4 is 16.0 Å². The average molecular weight is 244 g/mol. The summed E-state index contributed by atoms with van der Waals surface area (Å²) < 4.78 is 5.65. The number of rotatable bonds is 3. The summed E-state index contributed by atoms with van der Waals surface area (Å²) in [5.74, 6) is 0.535. The quantitative estimate of drug-likeness (QED) is 0.828. The first-order chi connectivity index (χ1) is 7.72. The van der Waals surface area contributed by atoms with Crippen LogP contribution in [0.3, 0.4) is 0 Å². The Hall–Kier alpha value is -1.07. The molecule has 2 unspecified atom stereocenters. The van der Waals surface area contributed by atoms with E-state index in [2.05, 4.69) is 9.97 Å². The topological polar surface area (TPSA) is 81.0 Å². The van der Waals surface area contributed by atoms with Crippen molar-refractivity contribution in [1.82, 2.24) is 9.97 Å². The van der Waals surface area contributed by atoms with Crippen LogP contribution >= 0.6 is 11.6 Å². The summed E-state index contributed by atoms with van der Waals surface area (Å²) in [5.41, 5.74) is 5.26. The number of aromatic nitrogens is 2. The van der Waals surface area contributed by atoms with Gasteiger partial charge in [-0.15, -0.1) is 0 Å². The molecule has 1 aliphatic rings. The zero-order chi connectivity index (χ0) is 11.5. The molecule has 5 nitrogen and oxygen atoms in total. The number of nitrogens with zero attached hydrogens (tertiary/aromatic N) is 1. The molecule has 1 heterocycles. The minimum atomic E-state index is -0.381. The van der Waals surface area contributed by atoms with Crippen molar-refractivity contribution in [2.75, 3.05) is 6.54 Å². The fraction of sp³-hybridized carbons (Fsp3) is 0.600. The van der Waals surface area contributed by atoms with E-state index in [1.807, 2.05) is 0 Å². The summed E-state index contributed by atoms with van der Waals surface area (Å²) in [6, 6.07) is 0. The first kappa shape index (κ1) is 11.4. The van der Waals surface area contributed by atoms with Gasteiger partial charge in [-0.3, -0.25) is 4.79 Å². The molecule has 0 amide bonds. The lowest BCUT2D eigenvalue weighted by atomic mass is 10.1. The molecule has 2 atom stereocenters. The van der Waals surface area contributed by atoms with Gasteiger partial charge in [-0.25, -0.2) is 4.98 Å². The van der Waals surface area contributed by atoms with Gasteiger partial charge in [0, 0.05) is 5.92 Å². The maximum absolute atomic E-state index is 11.2. The Morgan fingerprint density at radius 3 is 3.19 bits per heavy atom. The molecule has 0 spiro atoms. The Labute approximate surface area is 98.0 Å². The first-order valence-corrected chi connectivity index (χ1v) is 5.70. The van der Waals surface area contributed by atoms with Crippen molar-refractivity contribution in [3.63, 3.8) is 0 Å². The largest absolute Gasteiger partial charge is 0.473 e. The van der Waals surface area contributed by atoms with Gasteiger partial charge in [0.25, 0.3) is 5.56 Å². The molecule has 1 aromatic rings. The lowest BCUT2D eigenvalue weighted by Crippen LogP contribution is -2.28. The lowest BCUT2D eigenvalue weighted by molar-refractivity contribution is 0.155. The highest BCUT2D eigenvalue weighted by Crippen LogP contribution is 2.29. The second kappa shape index (κ2) is 4.84. The number of nitrogens with one attached hydrogen (secondary N) is 1. The number of hydrogen-bond donors (Lipinski definition) is 2. The zero-order valence-corrected chi connectivity index (χ0v) is 9.54. The van der Waals surface area contributed by atoms with Crippen LogP contribution in [-0.4, -0.2) is 22.6 Å². The molecule has 1 aromatic heterocycles. The SMILES string of the molecule is NCC1CCCC1Oc1nc[nH]c(=O)c1Cl. The van der Waals surface area contributed by atoms with Gasteiger partial charge in [0.15, 0.2) is 5.02 Å². The van der Waals surface area contributed by atoms with E-state index in [4.69, 9.17) is 22.1 Å². The first-order valence-electron chi connectivity index (χ1n) is 5.32. The fourth-order valence-electron chi connectivity index (χ4n) is 2.02. The molecule has 16 heavy (non-hydrogen) atoms. The Balaban J connectivity index is 2.14. The van der Waals surface area contributed by atoms with E-state index in [0.717, 1.165) is 19.3 Å². The van der Waals surface area contributed by atoms with Crippen LogP contribution in [0.15, 0.2) is 11.1 Å². The molecule has 6 heteroatoms. The van der Waals surface area contributed by atoms with E-state index in [1.165, 1.54) is 6.33 Å². The van der Waals surface area contributed by atoms with Gasteiger partial charge in [-0.1, -0.05) is 11.6 Å². The van der Waals surface area contributed by atoms with Gasteiger partial charge in [0.1, 0.15) is 6.10 Å². The summed E-state index contributed by atoms with van der Waals surface area (Å²) in [7, 11) is 0. The molecular formula is C10H14ClN3O2. The second-order valence-corrected chi connectivity index (χ2v) is 4.31. The number of ether oxygens (including phenoxy) is 1. The predicted octanol–water partition coefficient (Wildman–Crippen LogP) is 0.929. The third-order valence-electron chi connectivity index (χ3n) is 2.92. The van der Waals surface area contributed by atoms with Gasteiger partial charge in [0.2, 0.25) is 5.88 Å². The predicted molar refractivity (Wildman–Crippen MR) is 60.7 cm³/mol. The van der Waals surface area contributed by atoms with Crippen LogP contribution in [0.5, 0.6) is 5.88 Å². The molecule has 88 valence electrons. The molecule has 2 rings (SSSR count). The molecule has 0 aromatic carbocycles. The summed E-state index contributed by atoms with van der Waals surface area (Å²) in [6.45, 7) is 0.589. The van der Waals surface area contributed by atoms with Crippen molar-refractivity contribution in [1.29, 1.82) is 0 Å². The second-order valence-electron chi connectivity index (χ2n) is 3.93. The number of aromatic amines is 1. The van der Waals surface area contributed by atoms with Crippen LogP contribution in [0.4, 0.5) is 0 Å². The van der Waals surface area contributed by atoms with Gasteiger partial charge < -0.3 is 15.5 Å². The van der Waals surface area contributed by atoms with Gasteiger partial charge in [-0.2, -0.15) is 0 Å². The van der Waals surface area contributed by atoms with Crippen LogP contribution in [0.25, 0.3) is 0 Å². The molecule has 0 radical (unpaired) electrons. The highest BCUT2D eigenvalue weighted by molar-refractivity contribution is 6.31. The summed E-state index contributed by atoms with van der Waals surface area (Å²) in [6.07, 6.45) is 4.40. The van der Waals surface area contributed by atoms with Crippen LogP contribution in [0.1, 0.15) is 19.3 Å². The maximum atomic E-state index is 11.2. The monoisotopic (exact) mass is 243 g/mol. The Kier molecular flexibility index (Phi) is 3.46. The van der Waals surface area contributed by atoms with Crippen LogP contribution in [-0.2, 0) is 0 Å². The Bertz CT molecular complexity index is 421. The third kappa shape index (κ3) is 2.20. The van der Waals surface area contributed by atoms with Crippen molar-refractivity contribution in [3.8, 4) is 5.88 Å². The summed E-state index contributed by atoms with van der Waals surface area (Å²) in [4.78, 5) is 17.5. The van der Waals surface area contributed by atoms with E-state index >= 15 is 0 Å². The van der Waals surface area contributed by atoms with E-state index in [9.17, 15) is 4.79 Å². The molecule has 1 fully saturated rings. The molecule has 1 aliphatic carbocycles. The molecule has 0 bridgehead atoms. The summed E-state index contributed by atoms with van der Waals surface area (Å²) >= 11 is 5.80. The molecule has 0 aliphatic heterocycles. The highest BCUT2D eigenvalue weighted by atomic mass is 35.5. The van der Waals surface area contributed by atoms with Crippen molar-refractivity contribution < 1.29 is 4.74 Å². The Morgan fingerprint density at radius 2 is 2.44 bits per heavy atom. The lowest BCUT2D eigenvalue weighted by Gasteiger charge is -2.19. The maximum Gasteiger partial charge on any atom is 0.273 e. The fourth-order valence-corrected chi connectivity index (χ4v) is 2.17. The van der Waals surface area contributed by atoms with Gasteiger partial charge >= 0.3 is 0 Å². The molecule has 1 saturated carbocycles. The highest BCUT2D eigenvalue weighted by Gasteiger charge is 2.28. The van der Waals surface area contributed by atoms with Crippen molar-refractivity contribution >= 4 is 11.6 Å². The van der Waals surface area contributed by atoms with Gasteiger partial charge in [-0.05, 0) is 25.8 Å². The third-order valence-corrected chi connectivity index (χ3v) is 3.25. The minimum absolute atomic E-state index is 0.00479. The van der Waals surface area contributed by atoms with Crippen molar-refractivity contribution in [2.24, 2.45) is 11.7 Å². The van der Waals surface area contributed by atoms with E-state index in [1.54, 1.807) is 0 Å². The Morgan fingerprint density at radius 1 is 1.62 bits per heavy atom. The summed E-state index contributed by atoms with van der Waals surface area (Å²) in [5, 5.41) is 0.00479. The van der Waals surface area contributed by atoms with E-state index < -0.39 is 0 Å². The number of halogens is 1. The van der Waals surface area contributed by atoms with Crippen LogP contribution in [0, 0.1) is 5.92 Å². The number of H-pyrrole nitrogens is 1. The van der Waals surface area contributed by atoms with E-state index in [-0.39, 0.29) is 22.6 Å². The normalized spacial score (nSPS) is 24.6. The zero-order valence-electron chi connectivity index (χ0n) is 8.78. The smallest absolute Gasteiger partial charge is 0.273 e. The standard InChI is InChI=1S/C10H14ClN3O2/c11-8-9(15)13-5-14-10(8)16-7-3-1-2-6(7)4-12/h5-7H,1-4,12H2,(H,13,14,15). The van der Waals surface area contributed by atoms with Gasteiger partial charge in [0.05, 0.1) is 6.33 Å². The molecular weight excluding hydrogens is 230 g/mol. The number of hydrogen-bond acceptors (Lipinski definition) is 4. The van der Waals surface area contributed by atoms with E-state index in [0.29, 0.717) is 12.5 Å². The molecule has 3 N–H and O–H groups in total. The molecule has 0 saturated heterocycles.